The van der Waals surface area contributed by atoms with E-state index in [9.17, 15) is 0 Å². The minimum absolute atomic E-state index is 0.583. The zero-order chi connectivity index (χ0) is 10.3. The molecule has 13 heavy (non-hydrogen) atoms. The first-order chi connectivity index (χ1) is 5.95. The van der Waals surface area contributed by atoms with Crippen LogP contribution in [0, 0.1) is 0 Å². The maximum atomic E-state index is 9.06. The Hall–Kier alpha value is 0.0969. The number of hydrogen-bond donors (Lipinski definition) is 1. The highest BCUT2D eigenvalue weighted by Gasteiger charge is 2.13. The van der Waals surface area contributed by atoms with E-state index in [1.165, 1.54) is 0 Å². The largest absolute Gasteiger partial charge is 0.418 e. The first kappa shape index (κ1) is 13.1. The fraction of sp³-hybridized carbons (Fsp3) is 1.00. The fourth-order valence-corrected chi connectivity index (χ4v) is 1.53. The smallest absolute Gasteiger partial charge is 0.183 e. The predicted octanol–water partition coefficient (Wildman–Crippen LogP) is 1.97. The molecule has 80 valence electrons. The summed E-state index contributed by atoms with van der Waals surface area (Å²) in [4.78, 5) is 0. The van der Waals surface area contributed by atoms with Crippen molar-refractivity contribution in [1.82, 2.24) is 0 Å². The van der Waals surface area contributed by atoms with E-state index < -0.39 is 14.6 Å². The van der Waals surface area contributed by atoms with Crippen molar-refractivity contribution in [3.05, 3.63) is 0 Å². The lowest BCUT2D eigenvalue weighted by molar-refractivity contribution is -0.102. The number of aliphatic hydroxyl groups excluding tert-OH is 1. The lowest BCUT2D eigenvalue weighted by Gasteiger charge is -2.17. The molecule has 0 aliphatic carbocycles. The molecule has 0 bridgehead atoms. The van der Waals surface area contributed by atoms with E-state index in [-0.39, 0.29) is 0 Å². The van der Waals surface area contributed by atoms with Crippen LogP contribution in [-0.2, 0) is 9.16 Å². The third kappa shape index (κ3) is 10.0. The quantitative estimate of drug-likeness (QED) is 0.393. The zero-order valence-corrected chi connectivity index (χ0v) is 10.2. The first-order valence-electron chi connectivity index (χ1n) is 4.89. The molecule has 0 spiro atoms. The summed E-state index contributed by atoms with van der Waals surface area (Å²) >= 11 is 0. The van der Waals surface area contributed by atoms with Crippen LogP contribution in [0.2, 0.25) is 19.6 Å². The van der Waals surface area contributed by atoms with Crippen LogP contribution in [0.1, 0.15) is 19.8 Å². The Labute approximate surface area is 82.2 Å². The predicted molar refractivity (Wildman–Crippen MR) is 56.2 cm³/mol. The molecule has 0 aromatic heterocycles. The van der Waals surface area contributed by atoms with Gasteiger partial charge in [-0.1, -0.05) is 6.92 Å². The second-order valence-corrected chi connectivity index (χ2v) is 8.56. The number of hydrogen-bond acceptors (Lipinski definition) is 3. The Bertz CT molecular complexity index is 123. The average molecular weight is 206 g/mol. The van der Waals surface area contributed by atoms with E-state index in [1.54, 1.807) is 0 Å². The lowest BCUT2D eigenvalue weighted by Crippen LogP contribution is -2.26. The van der Waals surface area contributed by atoms with Gasteiger partial charge in [0.15, 0.2) is 14.6 Å². The zero-order valence-electron chi connectivity index (χ0n) is 9.17. The molecule has 0 aromatic carbocycles. The summed E-state index contributed by atoms with van der Waals surface area (Å²) in [5.41, 5.74) is 0. The fourth-order valence-electron chi connectivity index (χ4n) is 0.775. The summed E-state index contributed by atoms with van der Waals surface area (Å²) in [5, 5.41) is 9.06. The second-order valence-electron chi connectivity index (χ2n) is 4.05. The van der Waals surface area contributed by atoms with Crippen molar-refractivity contribution >= 4 is 8.32 Å². The Morgan fingerprint density at radius 1 is 1.23 bits per heavy atom. The molecule has 0 aliphatic heterocycles. The van der Waals surface area contributed by atoms with Crippen molar-refractivity contribution < 1.29 is 14.3 Å². The molecule has 0 amide bonds. The average Bonchev–Trinajstić information content (AvgIpc) is 2.01. The number of ether oxygens (including phenoxy) is 1. The SMILES string of the molecule is CCC(O)OCCCO[Si](C)(C)C. The Morgan fingerprint density at radius 3 is 2.31 bits per heavy atom. The van der Waals surface area contributed by atoms with Gasteiger partial charge in [-0.05, 0) is 32.5 Å². The van der Waals surface area contributed by atoms with Gasteiger partial charge in [0.1, 0.15) is 0 Å². The van der Waals surface area contributed by atoms with Crippen LogP contribution in [0.5, 0.6) is 0 Å². The Morgan fingerprint density at radius 2 is 1.85 bits per heavy atom. The molecule has 0 aliphatic rings. The number of rotatable bonds is 7. The van der Waals surface area contributed by atoms with Crippen LogP contribution in [-0.4, -0.2) is 32.9 Å². The highest BCUT2D eigenvalue weighted by molar-refractivity contribution is 6.69. The van der Waals surface area contributed by atoms with Crippen molar-refractivity contribution in [2.75, 3.05) is 13.2 Å². The molecule has 3 nitrogen and oxygen atoms in total. The topological polar surface area (TPSA) is 38.7 Å². The van der Waals surface area contributed by atoms with Gasteiger partial charge in [-0.25, -0.2) is 0 Å². The standard InChI is InChI=1S/C9H22O3Si/c1-5-9(10)11-7-6-8-12-13(2,3)4/h9-10H,5-8H2,1-4H3. The highest BCUT2D eigenvalue weighted by Crippen LogP contribution is 2.03. The van der Waals surface area contributed by atoms with Crippen LogP contribution >= 0.6 is 0 Å². The van der Waals surface area contributed by atoms with Gasteiger partial charge in [-0.2, -0.15) is 0 Å². The van der Waals surface area contributed by atoms with Gasteiger partial charge in [-0.3, -0.25) is 0 Å². The van der Waals surface area contributed by atoms with Crippen molar-refractivity contribution in [2.45, 2.75) is 45.7 Å². The van der Waals surface area contributed by atoms with E-state index >= 15 is 0 Å². The molecular weight excluding hydrogens is 184 g/mol. The van der Waals surface area contributed by atoms with Gasteiger partial charge in [0.2, 0.25) is 0 Å². The summed E-state index contributed by atoms with van der Waals surface area (Å²) in [6.07, 6.45) is 0.905. The van der Waals surface area contributed by atoms with Gasteiger partial charge in [0.05, 0.1) is 6.61 Å². The Balaban J connectivity index is 3.18. The van der Waals surface area contributed by atoms with E-state index in [0.29, 0.717) is 13.0 Å². The van der Waals surface area contributed by atoms with E-state index in [2.05, 4.69) is 19.6 Å². The maximum Gasteiger partial charge on any atom is 0.183 e. The summed E-state index contributed by atoms with van der Waals surface area (Å²) in [6.45, 7) is 9.70. The molecule has 0 fully saturated rings. The summed E-state index contributed by atoms with van der Waals surface area (Å²) in [6, 6.07) is 0. The van der Waals surface area contributed by atoms with E-state index in [4.69, 9.17) is 14.3 Å². The van der Waals surface area contributed by atoms with Gasteiger partial charge in [0, 0.05) is 6.61 Å². The van der Waals surface area contributed by atoms with Crippen molar-refractivity contribution in [3.8, 4) is 0 Å². The summed E-state index contributed by atoms with van der Waals surface area (Å²) in [5.74, 6) is 0. The lowest BCUT2D eigenvalue weighted by atomic mass is 10.4. The molecule has 0 heterocycles. The van der Waals surface area contributed by atoms with Crippen LogP contribution in [0.15, 0.2) is 0 Å². The maximum absolute atomic E-state index is 9.06. The number of aliphatic hydroxyl groups is 1. The van der Waals surface area contributed by atoms with Crippen LogP contribution < -0.4 is 0 Å². The summed E-state index contributed by atoms with van der Waals surface area (Å²) < 4.78 is 10.7. The molecule has 0 saturated heterocycles. The van der Waals surface area contributed by atoms with Crippen LogP contribution in [0.3, 0.4) is 0 Å². The van der Waals surface area contributed by atoms with Gasteiger partial charge in [0.25, 0.3) is 0 Å². The molecular formula is C9H22O3Si. The minimum atomic E-state index is -1.36. The van der Waals surface area contributed by atoms with Crippen molar-refractivity contribution in [2.24, 2.45) is 0 Å². The molecule has 4 heteroatoms. The minimum Gasteiger partial charge on any atom is -0.418 e. The van der Waals surface area contributed by atoms with Crippen molar-refractivity contribution in [3.63, 3.8) is 0 Å². The van der Waals surface area contributed by atoms with Crippen LogP contribution in [0.25, 0.3) is 0 Å². The Kier molecular flexibility index (Phi) is 6.58. The molecule has 0 aromatic rings. The second kappa shape index (κ2) is 6.54. The molecule has 0 saturated carbocycles. The van der Waals surface area contributed by atoms with Gasteiger partial charge < -0.3 is 14.3 Å². The molecule has 1 atom stereocenters. The molecule has 0 rings (SSSR count). The van der Waals surface area contributed by atoms with E-state index in [0.717, 1.165) is 13.0 Å². The monoisotopic (exact) mass is 206 g/mol. The van der Waals surface area contributed by atoms with Gasteiger partial charge >= 0.3 is 0 Å². The molecule has 0 radical (unpaired) electrons. The van der Waals surface area contributed by atoms with E-state index in [1.807, 2.05) is 6.92 Å². The van der Waals surface area contributed by atoms with Crippen molar-refractivity contribution in [1.29, 1.82) is 0 Å². The van der Waals surface area contributed by atoms with Crippen LogP contribution in [0.4, 0.5) is 0 Å². The normalized spacial score (nSPS) is 14.5. The molecule has 1 N–H and O–H groups in total. The third-order valence-corrected chi connectivity index (χ3v) is 2.55. The highest BCUT2D eigenvalue weighted by atomic mass is 28.4. The van der Waals surface area contributed by atoms with Gasteiger partial charge in [-0.15, -0.1) is 0 Å². The summed E-state index contributed by atoms with van der Waals surface area (Å²) in [7, 11) is -1.36. The first-order valence-corrected chi connectivity index (χ1v) is 8.30. The molecule has 1 unspecified atom stereocenters. The third-order valence-electron chi connectivity index (χ3n) is 1.48.